The number of hydrogen-bond acceptors (Lipinski definition) is 3. The Morgan fingerprint density at radius 2 is 1.88 bits per heavy atom. The Morgan fingerprint density at radius 3 is 2.56 bits per heavy atom. The van der Waals surface area contributed by atoms with Crippen LogP contribution in [0.4, 0.5) is 0 Å². The number of halogens is 2. The van der Waals surface area contributed by atoms with E-state index in [0.29, 0.717) is 10.0 Å². The lowest BCUT2D eigenvalue weighted by Gasteiger charge is -2.16. The summed E-state index contributed by atoms with van der Waals surface area (Å²) in [5.41, 5.74) is 2.63. The lowest BCUT2D eigenvalue weighted by Crippen LogP contribution is -2.31. The zero-order valence-corrected chi connectivity index (χ0v) is 15.5. The molecule has 0 saturated heterocycles. The van der Waals surface area contributed by atoms with E-state index in [0.717, 1.165) is 16.7 Å². The first kappa shape index (κ1) is 19.3. The van der Waals surface area contributed by atoms with Gasteiger partial charge in [0.05, 0.1) is 12.5 Å². The van der Waals surface area contributed by atoms with Crippen molar-refractivity contribution in [2.45, 2.75) is 26.3 Å². The molecular formula is C19H19Cl2NO3. The predicted octanol–water partition coefficient (Wildman–Crippen LogP) is 4.26. The molecule has 6 heteroatoms. The number of carbonyl (C=O) groups is 2. The van der Waals surface area contributed by atoms with Gasteiger partial charge in [-0.3, -0.25) is 9.59 Å². The van der Waals surface area contributed by atoms with Crippen LogP contribution in [-0.2, 0) is 20.7 Å². The molecule has 1 N–H and O–H groups in total. The number of amides is 1. The summed E-state index contributed by atoms with van der Waals surface area (Å²) in [6, 6.07) is 12.3. The number of esters is 1. The Kier molecular flexibility index (Phi) is 6.85. The molecular weight excluding hydrogens is 361 g/mol. The molecule has 0 aliphatic carbocycles. The van der Waals surface area contributed by atoms with Gasteiger partial charge in [0.1, 0.15) is 0 Å². The van der Waals surface area contributed by atoms with Gasteiger partial charge in [-0.1, -0.05) is 53.5 Å². The largest absolute Gasteiger partial charge is 0.455 e. The zero-order valence-electron chi connectivity index (χ0n) is 14.0. The van der Waals surface area contributed by atoms with Crippen molar-refractivity contribution in [1.29, 1.82) is 0 Å². The molecule has 2 aromatic rings. The average Bonchev–Trinajstić information content (AvgIpc) is 2.55. The highest BCUT2D eigenvalue weighted by atomic mass is 35.5. The predicted molar refractivity (Wildman–Crippen MR) is 98.9 cm³/mol. The van der Waals surface area contributed by atoms with Gasteiger partial charge in [-0.05, 0) is 42.7 Å². The number of hydrogen-bond donors (Lipinski definition) is 1. The van der Waals surface area contributed by atoms with Gasteiger partial charge >= 0.3 is 5.97 Å². The van der Waals surface area contributed by atoms with E-state index in [2.05, 4.69) is 5.32 Å². The molecule has 0 aromatic heterocycles. The van der Waals surface area contributed by atoms with E-state index in [1.165, 1.54) is 0 Å². The van der Waals surface area contributed by atoms with Gasteiger partial charge in [0, 0.05) is 10.0 Å². The second-order valence-corrected chi connectivity index (χ2v) is 6.56. The van der Waals surface area contributed by atoms with Crippen LogP contribution < -0.4 is 5.32 Å². The van der Waals surface area contributed by atoms with Gasteiger partial charge in [0.2, 0.25) is 0 Å². The zero-order chi connectivity index (χ0) is 18.4. The van der Waals surface area contributed by atoms with Crippen molar-refractivity contribution in [3.8, 4) is 0 Å². The number of rotatable bonds is 6. The molecule has 0 fully saturated rings. The summed E-state index contributed by atoms with van der Waals surface area (Å²) in [5.74, 6) is -0.835. The average molecular weight is 380 g/mol. The molecule has 132 valence electrons. The molecule has 2 aromatic carbocycles. The molecule has 0 unspecified atom stereocenters. The van der Waals surface area contributed by atoms with E-state index in [1.54, 1.807) is 25.1 Å². The highest BCUT2D eigenvalue weighted by molar-refractivity contribution is 6.35. The van der Waals surface area contributed by atoms with Gasteiger partial charge in [-0.2, -0.15) is 0 Å². The fourth-order valence-electron chi connectivity index (χ4n) is 2.37. The van der Waals surface area contributed by atoms with Crippen LogP contribution in [0.5, 0.6) is 0 Å². The molecule has 25 heavy (non-hydrogen) atoms. The molecule has 0 saturated carbocycles. The third-order valence-electron chi connectivity index (χ3n) is 3.77. The smallest absolute Gasteiger partial charge is 0.310 e. The third-order valence-corrected chi connectivity index (χ3v) is 4.33. The highest BCUT2D eigenvalue weighted by Crippen LogP contribution is 2.25. The van der Waals surface area contributed by atoms with Gasteiger partial charge in [-0.15, -0.1) is 0 Å². The second kappa shape index (κ2) is 8.88. The van der Waals surface area contributed by atoms with Crippen molar-refractivity contribution in [2.75, 3.05) is 6.61 Å². The lowest BCUT2D eigenvalue weighted by atomic mass is 10.1. The van der Waals surface area contributed by atoms with Crippen LogP contribution in [0.25, 0.3) is 0 Å². The second-order valence-electron chi connectivity index (χ2n) is 5.72. The SMILES string of the molecule is Cc1ccccc1CC(=O)OCC(=O)N[C@H](C)c1ccc(Cl)cc1Cl. The molecule has 0 spiro atoms. The monoisotopic (exact) mass is 379 g/mol. The first-order valence-electron chi connectivity index (χ1n) is 7.81. The molecule has 0 radical (unpaired) electrons. The summed E-state index contributed by atoms with van der Waals surface area (Å²) in [4.78, 5) is 23.8. The minimum Gasteiger partial charge on any atom is -0.455 e. The van der Waals surface area contributed by atoms with Crippen molar-refractivity contribution in [1.82, 2.24) is 5.32 Å². The Balaban J connectivity index is 1.83. The maximum absolute atomic E-state index is 12.0. The Bertz CT molecular complexity index is 777. The normalized spacial score (nSPS) is 11.7. The van der Waals surface area contributed by atoms with E-state index in [1.807, 2.05) is 31.2 Å². The molecule has 1 atom stereocenters. The molecule has 0 aliphatic heterocycles. The molecule has 4 nitrogen and oxygen atoms in total. The van der Waals surface area contributed by atoms with Crippen LogP contribution in [-0.4, -0.2) is 18.5 Å². The van der Waals surface area contributed by atoms with Crippen LogP contribution in [0, 0.1) is 6.92 Å². The number of carbonyl (C=O) groups excluding carboxylic acids is 2. The van der Waals surface area contributed by atoms with Crippen LogP contribution >= 0.6 is 23.2 Å². The van der Waals surface area contributed by atoms with Crippen LogP contribution in [0.3, 0.4) is 0 Å². The van der Waals surface area contributed by atoms with Crippen LogP contribution in [0.2, 0.25) is 10.0 Å². The summed E-state index contributed by atoms with van der Waals surface area (Å²) in [6.07, 6.45) is 0.137. The van der Waals surface area contributed by atoms with Crippen LogP contribution in [0.15, 0.2) is 42.5 Å². The topological polar surface area (TPSA) is 55.4 Å². The summed E-state index contributed by atoms with van der Waals surface area (Å²) in [5, 5.41) is 3.74. The summed E-state index contributed by atoms with van der Waals surface area (Å²) in [6.45, 7) is 3.38. The fourth-order valence-corrected chi connectivity index (χ4v) is 2.95. The van der Waals surface area contributed by atoms with Crippen molar-refractivity contribution >= 4 is 35.1 Å². The maximum atomic E-state index is 12.0. The Morgan fingerprint density at radius 1 is 1.16 bits per heavy atom. The number of nitrogens with one attached hydrogen (secondary N) is 1. The van der Waals surface area contributed by atoms with Crippen LogP contribution in [0.1, 0.15) is 29.7 Å². The highest BCUT2D eigenvalue weighted by Gasteiger charge is 2.15. The standard InChI is InChI=1S/C19H19Cl2NO3/c1-12-5-3-4-6-14(12)9-19(24)25-11-18(23)22-13(2)16-8-7-15(20)10-17(16)21/h3-8,10,13H,9,11H2,1-2H3,(H,22,23)/t13-/m1/s1. The summed E-state index contributed by atoms with van der Waals surface area (Å²) < 4.78 is 5.04. The van der Waals surface area contributed by atoms with E-state index >= 15 is 0 Å². The third kappa shape index (κ3) is 5.76. The van der Waals surface area contributed by atoms with Gasteiger partial charge < -0.3 is 10.1 Å². The number of aryl methyl sites for hydroxylation is 1. The van der Waals surface area contributed by atoms with E-state index in [4.69, 9.17) is 27.9 Å². The first-order chi connectivity index (χ1) is 11.9. The Labute approximate surface area is 157 Å². The molecule has 1 amide bonds. The molecule has 2 rings (SSSR count). The minimum absolute atomic E-state index is 0.137. The quantitative estimate of drug-likeness (QED) is 0.762. The summed E-state index contributed by atoms with van der Waals surface area (Å²) in [7, 11) is 0. The van der Waals surface area contributed by atoms with Gasteiger partial charge in [0.15, 0.2) is 6.61 Å². The van der Waals surface area contributed by atoms with Gasteiger partial charge in [-0.25, -0.2) is 0 Å². The molecule has 0 heterocycles. The molecule has 0 bridgehead atoms. The van der Waals surface area contributed by atoms with Crippen molar-refractivity contribution in [3.05, 3.63) is 69.2 Å². The van der Waals surface area contributed by atoms with Crippen molar-refractivity contribution < 1.29 is 14.3 Å². The number of benzene rings is 2. The lowest BCUT2D eigenvalue weighted by molar-refractivity contribution is -0.148. The van der Waals surface area contributed by atoms with E-state index in [9.17, 15) is 9.59 Å². The van der Waals surface area contributed by atoms with Gasteiger partial charge in [0.25, 0.3) is 5.91 Å². The minimum atomic E-state index is -0.443. The molecule has 0 aliphatic rings. The van der Waals surface area contributed by atoms with Crippen molar-refractivity contribution in [2.24, 2.45) is 0 Å². The summed E-state index contributed by atoms with van der Waals surface area (Å²) >= 11 is 12.0. The van der Waals surface area contributed by atoms with E-state index in [-0.39, 0.29) is 19.1 Å². The fraction of sp³-hybridized carbons (Fsp3) is 0.263. The number of ether oxygens (including phenoxy) is 1. The Hall–Kier alpha value is -2.04. The maximum Gasteiger partial charge on any atom is 0.310 e. The van der Waals surface area contributed by atoms with E-state index < -0.39 is 11.9 Å². The first-order valence-corrected chi connectivity index (χ1v) is 8.57. The van der Waals surface area contributed by atoms with Crippen molar-refractivity contribution in [3.63, 3.8) is 0 Å².